The minimum Gasteiger partial charge on any atom is -0.467 e. The van der Waals surface area contributed by atoms with Gasteiger partial charge >= 0.3 is 0 Å². The molecule has 0 saturated carbocycles. The summed E-state index contributed by atoms with van der Waals surface area (Å²) in [6.07, 6.45) is 1.58. The van der Waals surface area contributed by atoms with Gasteiger partial charge in [-0.3, -0.25) is 9.69 Å². The lowest BCUT2D eigenvalue weighted by molar-refractivity contribution is -0.122. The van der Waals surface area contributed by atoms with Gasteiger partial charge in [-0.1, -0.05) is 18.2 Å². The molecule has 0 aliphatic heterocycles. The van der Waals surface area contributed by atoms with Gasteiger partial charge in [0.05, 0.1) is 31.6 Å². The van der Waals surface area contributed by atoms with Crippen molar-refractivity contribution in [1.29, 1.82) is 0 Å². The predicted octanol–water partition coefficient (Wildman–Crippen LogP) is 1.00. The van der Waals surface area contributed by atoms with E-state index in [-0.39, 0.29) is 12.5 Å². The van der Waals surface area contributed by atoms with E-state index in [9.17, 15) is 4.79 Å². The maximum atomic E-state index is 12.0. The zero-order chi connectivity index (χ0) is 16.8. The van der Waals surface area contributed by atoms with E-state index in [1.54, 1.807) is 17.0 Å². The number of furan rings is 1. The zero-order valence-electron chi connectivity index (χ0n) is 13.3. The van der Waals surface area contributed by atoms with Crippen molar-refractivity contribution in [2.45, 2.75) is 13.1 Å². The van der Waals surface area contributed by atoms with Crippen LogP contribution in [-0.4, -0.2) is 44.6 Å². The van der Waals surface area contributed by atoms with Crippen molar-refractivity contribution in [3.05, 3.63) is 60.3 Å². The summed E-state index contributed by atoms with van der Waals surface area (Å²) in [5.74, 6) is 1.30. The average Bonchev–Trinajstić information content (AvgIpc) is 3.25. The molecule has 24 heavy (non-hydrogen) atoms. The largest absolute Gasteiger partial charge is 0.467 e. The molecule has 0 atom stereocenters. The molecule has 0 fully saturated rings. The fourth-order valence-electron chi connectivity index (χ4n) is 2.27. The molecule has 0 spiro atoms. The highest BCUT2D eigenvalue weighted by atomic mass is 16.3. The van der Waals surface area contributed by atoms with E-state index in [1.807, 2.05) is 48.3 Å². The van der Waals surface area contributed by atoms with Gasteiger partial charge < -0.3 is 9.73 Å². The topological polar surface area (TPSA) is 89.1 Å². The lowest BCUT2D eigenvalue weighted by atomic mass is 10.3. The zero-order valence-corrected chi connectivity index (χ0v) is 13.3. The van der Waals surface area contributed by atoms with Gasteiger partial charge in [-0.25, -0.2) is 0 Å². The first-order valence-electron chi connectivity index (χ1n) is 7.52. The summed E-state index contributed by atoms with van der Waals surface area (Å²) in [4.78, 5) is 13.8. The third kappa shape index (κ3) is 4.05. The Kier molecular flexibility index (Phi) is 4.97. The number of hydrogen-bond donors (Lipinski definition) is 1. The number of nitrogens with zero attached hydrogens (tertiary/aromatic N) is 5. The number of hydrogen-bond acceptors (Lipinski definition) is 6. The smallest absolute Gasteiger partial charge is 0.234 e. The third-order valence-electron chi connectivity index (χ3n) is 3.40. The van der Waals surface area contributed by atoms with Crippen LogP contribution in [-0.2, 0) is 17.9 Å². The van der Waals surface area contributed by atoms with Crippen LogP contribution in [0.3, 0.4) is 0 Å². The van der Waals surface area contributed by atoms with Crippen molar-refractivity contribution in [2.75, 3.05) is 13.6 Å². The van der Waals surface area contributed by atoms with Gasteiger partial charge in [0, 0.05) is 0 Å². The maximum absolute atomic E-state index is 12.0. The molecule has 1 amide bonds. The van der Waals surface area contributed by atoms with Crippen LogP contribution in [0.15, 0.2) is 53.1 Å². The second kappa shape index (κ2) is 7.51. The molecule has 3 aromatic rings. The van der Waals surface area contributed by atoms with E-state index in [0.29, 0.717) is 18.9 Å². The van der Waals surface area contributed by atoms with Crippen molar-refractivity contribution in [1.82, 2.24) is 30.4 Å². The Morgan fingerprint density at radius 3 is 2.83 bits per heavy atom. The Labute approximate surface area is 139 Å². The van der Waals surface area contributed by atoms with E-state index in [2.05, 4.69) is 20.8 Å². The molecule has 8 nitrogen and oxygen atoms in total. The minimum atomic E-state index is -0.0902. The Hall–Kier alpha value is -3.00. The SMILES string of the molecule is CN(CC(=O)NCc1ccco1)Cc1nnnn1-c1ccccc1. The predicted molar refractivity (Wildman–Crippen MR) is 86.0 cm³/mol. The second-order valence-electron chi connectivity index (χ2n) is 5.37. The molecular formula is C16H18N6O2. The Morgan fingerprint density at radius 2 is 2.08 bits per heavy atom. The van der Waals surface area contributed by atoms with E-state index in [1.165, 1.54) is 0 Å². The molecule has 0 bridgehead atoms. The summed E-state index contributed by atoms with van der Waals surface area (Å²) in [6, 6.07) is 13.2. The van der Waals surface area contributed by atoms with Crippen LogP contribution in [0.1, 0.15) is 11.6 Å². The van der Waals surface area contributed by atoms with Crippen LogP contribution >= 0.6 is 0 Å². The molecule has 124 valence electrons. The Bertz CT molecular complexity index is 769. The number of carbonyl (C=O) groups is 1. The number of nitrogens with one attached hydrogen (secondary N) is 1. The molecular weight excluding hydrogens is 308 g/mol. The summed E-state index contributed by atoms with van der Waals surface area (Å²) in [7, 11) is 1.84. The van der Waals surface area contributed by atoms with Crippen molar-refractivity contribution in [3.8, 4) is 5.69 Å². The van der Waals surface area contributed by atoms with Gasteiger partial charge in [-0.2, -0.15) is 4.68 Å². The number of likely N-dealkylation sites (N-methyl/N-ethyl adjacent to an activating group) is 1. The third-order valence-corrected chi connectivity index (χ3v) is 3.40. The van der Waals surface area contributed by atoms with Gasteiger partial charge in [0.2, 0.25) is 5.91 Å². The quantitative estimate of drug-likeness (QED) is 0.697. The monoisotopic (exact) mass is 326 g/mol. The maximum Gasteiger partial charge on any atom is 0.234 e. The molecule has 0 unspecified atom stereocenters. The molecule has 0 aliphatic carbocycles. The standard InChI is InChI=1S/C16H18N6O2/c1-21(12-16(23)17-10-14-8-5-9-24-14)11-15-18-19-20-22(15)13-6-3-2-4-7-13/h2-9H,10-12H2,1H3,(H,17,23). The first-order chi connectivity index (χ1) is 11.7. The minimum absolute atomic E-state index is 0.0902. The molecule has 1 aromatic carbocycles. The van der Waals surface area contributed by atoms with Gasteiger partial charge in [-0.05, 0) is 41.7 Å². The van der Waals surface area contributed by atoms with E-state index in [0.717, 1.165) is 11.4 Å². The molecule has 0 saturated heterocycles. The lowest BCUT2D eigenvalue weighted by Crippen LogP contribution is -2.35. The van der Waals surface area contributed by atoms with Crippen molar-refractivity contribution in [3.63, 3.8) is 0 Å². The highest BCUT2D eigenvalue weighted by Crippen LogP contribution is 2.08. The first-order valence-corrected chi connectivity index (χ1v) is 7.52. The molecule has 0 radical (unpaired) electrons. The van der Waals surface area contributed by atoms with Crippen LogP contribution in [0.25, 0.3) is 5.69 Å². The molecule has 0 aliphatic rings. The number of benzene rings is 1. The van der Waals surface area contributed by atoms with Crippen LogP contribution < -0.4 is 5.32 Å². The highest BCUT2D eigenvalue weighted by molar-refractivity contribution is 5.77. The average molecular weight is 326 g/mol. The highest BCUT2D eigenvalue weighted by Gasteiger charge is 2.13. The normalized spacial score (nSPS) is 10.9. The van der Waals surface area contributed by atoms with Gasteiger partial charge in [-0.15, -0.1) is 5.10 Å². The van der Waals surface area contributed by atoms with Crippen LogP contribution in [0, 0.1) is 0 Å². The fraction of sp³-hybridized carbons (Fsp3) is 0.250. The first kappa shape index (κ1) is 15.9. The summed E-state index contributed by atoms with van der Waals surface area (Å²) in [6.45, 7) is 1.07. The van der Waals surface area contributed by atoms with E-state index >= 15 is 0 Å². The number of rotatable bonds is 7. The van der Waals surface area contributed by atoms with Crippen LogP contribution in [0.2, 0.25) is 0 Å². The Balaban J connectivity index is 1.54. The van der Waals surface area contributed by atoms with Crippen molar-refractivity contribution >= 4 is 5.91 Å². The number of tetrazole rings is 1. The van der Waals surface area contributed by atoms with E-state index in [4.69, 9.17) is 4.42 Å². The number of amides is 1. The molecule has 3 rings (SSSR count). The summed E-state index contributed by atoms with van der Waals surface area (Å²) in [5, 5.41) is 14.6. The molecule has 8 heteroatoms. The van der Waals surface area contributed by atoms with Gasteiger partial charge in [0.1, 0.15) is 5.76 Å². The molecule has 2 heterocycles. The van der Waals surface area contributed by atoms with E-state index < -0.39 is 0 Å². The fourth-order valence-corrected chi connectivity index (χ4v) is 2.27. The van der Waals surface area contributed by atoms with Gasteiger partial charge in [0.25, 0.3) is 0 Å². The summed E-state index contributed by atoms with van der Waals surface area (Å²) < 4.78 is 6.84. The summed E-state index contributed by atoms with van der Waals surface area (Å²) in [5.41, 5.74) is 0.883. The number of carbonyl (C=O) groups excluding carboxylic acids is 1. The molecule has 2 aromatic heterocycles. The van der Waals surface area contributed by atoms with Crippen molar-refractivity contribution < 1.29 is 9.21 Å². The van der Waals surface area contributed by atoms with Crippen LogP contribution in [0.5, 0.6) is 0 Å². The number of para-hydroxylation sites is 1. The van der Waals surface area contributed by atoms with Gasteiger partial charge in [0.15, 0.2) is 5.82 Å². The second-order valence-corrected chi connectivity index (χ2v) is 5.37. The Morgan fingerprint density at radius 1 is 1.25 bits per heavy atom. The number of aromatic nitrogens is 4. The van der Waals surface area contributed by atoms with Crippen molar-refractivity contribution in [2.24, 2.45) is 0 Å². The van der Waals surface area contributed by atoms with Crippen LogP contribution in [0.4, 0.5) is 0 Å². The molecule has 1 N–H and O–H groups in total. The lowest BCUT2D eigenvalue weighted by Gasteiger charge is -2.15. The summed E-state index contributed by atoms with van der Waals surface area (Å²) >= 11 is 0.